The Bertz CT molecular complexity index is 978. The van der Waals surface area contributed by atoms with Gasteiger partial charge in [0.05, 0.1) is 31.7 Å². The van der Waals surface area contributed by atoms with E-state index in [4.69, 9.17) is 20.8 Å². The summed E-state index contributed by atoms with van der Waals surface area (Å²) in [5.41, 5.74) is 3.15. The molecule has 0 aliphatic carbocycles. The summed E-state index contributed by atoms with van der Waals surface area (Å²) in [5, 5.41) is 4.80. The predicted octanol–water partition coefficient (Wildman–Crippen LogP) is 3.80. The van der Waals surface area contributed by atoms with E-state index in [-0.39, 0.29) is 0 Å². The molecular formula is C17H13ClN4O2. The van der Waals surface area contributed by atoms with Gasteiger partial charge in [-0.15, -0.1) is 0 Å². The summed E-state index contributed by atoms with van der Waals surface area (Å²) in [4.78, 5) is 8.80. The zero-order valence-electron chi connectivity index (χ0n) is 12.8. The van der Waals surface area contributed by atoms with Crippen molar-refractivity contribution in [2.24, 2.45) is 0 Å². The Kier molecular flexibility index (Phi) is 3.66. The van der Waals surface area contributed by atoms with Crippen molar-refractivity contribution in [3.05, 3.63) is 59.8 Å². The van der Waals surface area contributed by atoms with Crippen LogP contribution in [0.15, 0.2) is 53.5 Å². The molecular weight excluding hydrogens is 328 g/mol. The minimum atomic E-state index is 0.324. The van der Waals surface area contributed by atoms with Crippen molar-refractivity contribution in [2.75, 3.05) is 7.11 Å². The lowest BCUT2D eigenvalue weighted by molar-refractivity contribution is 0.414. The van der Waals surface area contributed by atoms with Gasteiger partial charge in [-0.25, -0.2) is 9.97 Å². The van der Waals surface area contributed by atoms with Gasteiger partial charge in [-0.05, 0) is 23.8 Å². The monoisotopic (exact) mass is 340 g/mol. The summed E-state index contributed by atoms with van der Waals surface area (Å²) < 4.78 is 12.0. The molecule has 0 N–H and O–H groups in total. The fourth-order valence-corrected chi connectivity index (χ4v) is 2.66. The van der Waals surface area contributed by atoms with Crippen LogP contribution in [0.1, 0.15) is 5.56 Å². The van der Waals surface area contributed by atoms with Crippen LogP contribution in [0.5, 0.6) is 5.75 Å². The van der Waals surface area contributed by atoms with Gasteiger partial charge in [-0.2, -0.15) is 5.10 Å². The van der Waals surface area contributed by atoms with Gasteiger partial charge in [0.25, 0.3) is 0 Å². The average Bonchev–Trinajstić information content (AvgIpc) is 3.25. The summed E-state index contributed by atoms with van der Waals surface area (Å²) >= 11 is 6.26. The van der Waals surface area contributed by atoms with E-state index in [1.807, 2.05) is 30.5 Å². The zero-order valence-corrected chi connectivity index (χ0v) is 13.6. The summed E-state index contributed by atoms with van der Waals surface area (Å²) in [6, 6.07) is 9.62. The van der Waals surface area contributed by atoms with Crippen LogP contribution >= 0.6 is 11.6 Å². The van der Waals surface area contributed by atoms with Gasteiger partial charge in [-0.3, -0.25) is 4.68 Å². The van der Waals surface area contributed by atoms with Gasteiger partial charge in [0.2, 0.25) is 0 Å². The number of fused-ring (bicyclic) bond motifs is 1. The Balaban J connectivity index is 1.68. The lowest BCUT2D eigenvalue weighted by atomic mass is 10.2. The molecule has 0 bridgehead atoms. The first-order valence-corrected chi connectivity index (χ1v) is 7.67. The SMILES string of the molecule is COc1ccc(Cn2cc3nc(-c4ccoc4)nc(Cl)c3n2)cc1. The molecule has 0 fully saturated rings. The van der Waals surface area contributed by atoms with Crippen LogP contribution in [0, 0.1) is 0 Å². The molecule has 0 spiro atoms. The molecule has 4 rings (SSSR count). The van der Waals surface area contributed by atoms with Gasteiger partial charge in [0, 0.05) is 0 Å². The van der Waals surface area contributed by atoms with E-state index in [2.05, 4.69) is 15.1 Å². The largest absolute Gasteiger partial charge is 0.497 e. The topological polar surface area (TPSA) is 66.0 Å². The van der Waals surface area contributed by atoms with Crippen molar-refractivity contribution >= 4 is 22.6 Å². The highest BCUT2D eigenvalue weighted by Gasteiger charge is 2.12. The number of aromatic nitrogens is 4. The molecule has 7 heteroatoms. The first kappa shape index (κ1) is 14.7. The van der Waals surface area contributed by atoms with Crippen LogP contribution in [0.3, 0.4) is 0 Å². The highest BCUT2D eigenvalue weighted by atomic mass is 35.5. The van der Waals surface area contributed by atoms with Gasteiger partial charge >= 0.3 is 0 Å². The fourth-order valence-electron chi connectivity index (χ4n) is 2.44. The van der Waals surface area contributed by atoms with E-state index >= 15 is 0 Å². The maximum atomic E-state index is 6.26. The van der Waals surface area contributed by atoms with Crippen LogP contribution in [-0.2, 0) is 6.54 Å². The predicted molar refractivity (Wildman–Crippen MR) is 90.1 cm³/mol. The van der Waals surface area contributed by atoms with Crippen molar-refractivity contribution in [2.45, 2.75) is 6.54 Å². The molecule has 4 aromatic rings. The van der Waals surface area contributed by atoms with Crippen molar-refractivity contribution < 1.29 is 9.15 Å². The third kappa shape index (κ3) is 2.72. The molecule has 3 aromatic heterocycles. The Morgan fingerprint density at radius 2 is 2.00 bits per heavy atom. The minimum Gasteiger partial charge on any atom is -0.497 e. The molecule has 6 nitrogen and oxygen atoms in total. The molecule has 1 aromatic carbocycles. The van der Waals surface area contributed by atoms with E-state index in [0.717, 1.165) is 16.9 Å². The molecule has 0 radical (unpaired) electrons. The number of rotatable bonds is 4. The number of furan rings is 1. The molecule has 0 aliphatic heterocycles. The Labute approximate surface area is 142 Å². The third-order valence-electron chi connectivity index (χ3n) is 3.65. The Morgan fingerprint density at radius 3 is 2.71 bits per heavy atom. The fraction of sp³-hybridized carbons (Fsp3) is 0.118. The van der Waals surface area contributed by atoms with Crippen LogP contribution in [-0.4, -0.2) is 26.9 Å². The number of nitrogens with zero attached hydrogens (tertiary/aromatic N) is 4. The van der Waals surface area contributed by atoms with E-state index in [1.165, 1.54) is 0 Å². The van der Waals surface area contributed by atoms with Gasteiger partial charge in [-0.1, -0.05) is 23.7 Å². The van der Waals surface area contributed by atoms with Gasteiger partial charge in [0.15, 0.2) is 11.0 Å². The van der Waals surface area contributed by atoms with Crippen molar-refractivity contribution in [1.82, 2.24) is 19.7 Å². The second-order valence-corrected chi connectivity index (χ2v) is 5.62. The van der Waals surface area contributed by atoms with Crippen LogP contribution < -0.4 is 4.74 Å². The lowest BCUT2D eigenvalue weighted by Crippen LogP contribution is -1.99. The first-order valence-electron chi connectivity index (χ1n) is 7.29. The maximum absolute atomic E-state index is 6.26. The molecule has 3 heterocycles. The number of ether oxygens (including phenoxy) is 1. The van der Waals surface area contributed by atoms with Crippen LogP contribution in [0.2, 0.25) is 5.15 Å². The number of halogens is 1. The summed E-state index contributed by atoms with van der Waals surface area (Å²) in [6.07, 6.45) is 5.01. The highest BCUT2D eigenvalue weighted by molar-refractivity contribution is 6.33. The van der Waals surface area contributed by atoms with Crippen LogP contribution in [0.25, 0.3) is 22.4 Å². The molecule has 0 atom stereocenters. The van der Waals surface area contributed by atoms with Gasteiger partial charge in [0.1, 0.15) is 23.0 Å². The number of methoxy groups -OCH3 is 1. The quantitative estimate of drug-likeness (QED) is 0.529. The highest BCUT2D eigenvalue weighted by Crippen LogP contribution is 2.24. The number of hydrogen-bond acceptors (Lipinski definition) is 5. The van der Waals surface area contributed by atoms with Crippen molar-refractivity contribution in [3.63, 3.8) is 0 Å². The molecule has 120 valence electrons. The second kappa shape index (κ2) is 5.98. The smallest absolute Gasteiger partial charge is 0.164 e. The van der Waals surface area contributed by atoms with E-state index in [9.17, 15) is 0 Å². The molecule has 0 saturated heterocycles. The Hall–Kier alpha value is -2.86. The molecule has 0 saturated carbocycles. The minimum absolute atomic E-state index is 0.324. The average molecular weight is 341 g/mol. The number of benzene rings is 1. The third-order valence-corrected chi connectivity index (χ3v) is 3.91. The van der Waals surface area contributed by atoms with E-state index in [1.54, 1.807) is 30.4 Å². The Morgan fingerprint density at radius 1 is 1.17 bits per heavy atom. The number of hydrogen-bond donors (Lipinski definition) is 0. The summed E-state index contributed by atoms with van der Waals surface area (Å²) in [5.74, 6) is 1.34. The summed E-state index contributed by atoms with van der Waals surface area (Å²) in [6.45, 7) is 0.609. The molecule has 24 heavy (non-hydrogen) atoms. The zero-order chi connectivity index (χ0) is 16.5. The normalized spacial score (nSPS) is 11.1. The lowest BCUT2D eigenvalue weighted by Gasteiger charge is -2.03. The maximum Gasteiger partial charge on any atom is 0.164 e. The van der Waals surface area contributed by atoms with Crippen molar-refractivity contribution in [3.8, 4) is 17.1 Å². The standard InChI is InChI=1S/C17H13ClN4O2/c1-23-13-4-2-11(3-5-13)8-22-9-14-15(21-22)16(18)20-17(19-14)12-6-7-24-10-12/h2-7,9-10H,8H2,1H3. The van der Waals surface area contributed by atoms with Gasteiger partial charge < -0.3 is 9.15 Å². The summed E-state index contributed by atoms with van der Waals surface area (Å²) in [7, 11) is 1.65. The van der Waals surface area contributed by atoms with E-state index < -0.39 is 0 Å². The molecule has 0 unspecified atom stereocenters. The second-order valence-electron chi connectivity index (χ2n) is 5.26. The molecule has 0 aliphatic rings. The van der Waals surface area contributed by atoms with Crippen LogP contribution in [0.4, 0.5) is 0 Å². The van der Waals surface area contributed by atoms with E-state index in [0.29, 0.717) is 28.6 Å². The van der Waals surface area contributed by atoms with Crippen molar-refractivity contribution in [1.29, 1.82) is 0 Å². The first-order chi connectivity index (χ1) is 11.7. The molecule has 0 amide bonds.